The average molecular weight is 268 g/mol. The Balaban J connectivity index is 1.87. The van der Waals surface area contributed by atoms with Crippen molar-refractivity contribution in [1.29, 1.82) is 5.26 Å². The maximum absolute atomic E-state index is 8.99. The van der Waals surface area contributed by atoms with E-state index in [0.29, 0.717) is 5.56 Å². The van der Waals surface area contributed by atoms with Crippen LogP contribution in [0.3, 0.4) is 0 Å². The van der Waals surface area contributed by atoms with Crippen molar-refractivity contribution < 1.29 is 0 Å². The van der Waals surface area contributed by atoms with Crippen LogP contribution in [-0.4, -0.2) is 34.1 Å². The molecule has 1 aliphatic heterocycles. The van der Waals surface area contributed by atoms with Crippen LogP contribution >= 0.6 is 0 Å². The molecule has 20 heavy (non-hydrogen) atoms. The topological polar surface area (TPSA) is 44.9 Å². The van der Waals surface area contributed by atoms with Gasteiger partial charge in [0.05, 0.1) is 22.7 Å². The summed E-state index contributed by atoms with van der Waals surface area (Å²) in [7, 11) is 0. The average Bonchev–Trinajstić information content (AvgIpc) is 3.10. The number of hydrogen-bond donors (Lipinski definition) is 0. The van der Waals surface area contributed by atoms with Gasteiger partial charge in [0, 0.05) is 19.5 Å². The minimum atomic E-state index is 0.685. The van der Waals surface area contributed by atoms with Gasteiger partial charge in [0.15, 0.2) is 0 Å². The number of aromatic nitrogens is 2. The van der Waals surface area contributed by atoms with Crippen molar-refractivity contribution in [3.05, 3.63) is 29.6 Å². The van der Waals surface area contributed by atoms with Crippen molar-refractivity contribution in [1.82, 2.24) is 14.5 Å². The van der Waals surface area contributed by atoms with Gasteiger partial charge in [0.1, 0.15) is 5.82 Å². The highest BCUT2D eigenvalue weighted by molar-refractivity contribution is 5.77. The fraction of sp³-hybridized carbons (Fsp3) is 0.500. The van der Waals surface area contributed by atoms with Crippen LogP contribution in [0.2, 0.25) is 0 Å². The van der Waals surface area contributed by atoms with Crippen LogP contribution in [0, 0.1) is 11.3 Å². The number of fused-ring (bicyclic) bond motifs is 1. The largest absolute Gasteiger partial charge is 0.328 e. The Morgan fingerprint density at radius 1 is 1.30 bits per heavy atom. The van der Waals surface area contributed by atoms with E-state index in [-0.39, 0.29) is 0 Å². The van der Waals surface area contributed by atoms with E-state index in [1.807, 2.05) is 18.2 Å². The maximum atomic E-state index is 8.99. The van der Waals surface area contributed by atoms with E-state index in [1.165, 1.54) is 25.9 Å². The first-order valence-corrected chi connectivity index (χ1v) is 7.43. The quantitative estimate of drug-likeness (QED) is 0.856. The Morgan fingerprint density at radius 2 is 2.10 bits per heavy atom. The zero-order chi connectivity index (χ0) is 13.9. The number of aryl methyl sites for hydroxylation is 1. The van der Waals surface area contributed by atoms with E-state index in [4.69, 9.17) is 10.2 Å². The highest BCUT2D eigenvalue weighted by atomic mass is 15.1. The molecule has 0 radical (unpaired) electrons. The Labute approximate surface area is 119 Å². The van der Waals surface area contributed by atoms with Crippen LogP contribution in [0.5, 0.6) is 0 Å². The number of likely N-dealkylation sites (tertiary alicyclic amines) is 1. The second-order valence-corrected chi connectivity index (χ2v) is 5.39. The number of nitrogens with zero attached hydrogens (tertiary/aromatic N) is 4. The first-order valence-electron chi connectivity index (χ1n) is 7.43. The Bertz CT molecular complexity index is 644. The highest BCUT2D eigenvalue weighted by Gasteiger charge is 2.14. The molecule has 1 fully saturated rings. The van der Waals surface area contributed by atoms with E-state index in [9.17, 15) is 0 Å². The standard InChI is InChI=1S/C16H20N4/c1-2-20-15-6-5-13(12-17)11-14(15)18-16(20)7-10-19-8-3-4-9-19/h5-6,11H,2-4,7-10H2,1H3. The van der Waals surface area contributed by atoms with Crippen LogP contribution in [-0.2, 0) is 13.0 Å². The van der Waals surface area contributed by atoms with E-state index in [0.717, 1.165) is 36.4 Å². The fourth-order valence-corrected chi connectivity index (χ4v) is 3.06. The van der Waals surface area contributed by atoms with Gasteiger partial charge in [-0.2, -0.15) is 5.26 Å². The van der Waals surface area contributed by atoms with Gasteiger partial charge in [0.2, 0.25) is 0 Å². The summed E-state index contributed by atoms with van der Waals surface area (Å²) in [5.41, 5.74) is 2.77. The number of benzene rings is 1. The van der Waals surface area contributed by atoms with Crippen molar-refractivity contribution in [2.24, 2.45) is 0 Å². The van der Waals surface area contributed by atoms with Gasteiger partial charge in [0.25, 0.3) is 0 Å². The minimum absolute atomic E-state index is 0.685. The lowest BCUT2D eigenvalue weighted by atomic mass is 10.2. The van der Waals surface area contributed by atoms with Crippen molar-refractivity contribution in [3.63, 3.8) is 0 Å². The molecule has 0 atom stereocenters. The zero-order valence-corrected chi connectivity index (χ0v) is 12.0. The monoisotopic (exact) mass is 268 g/mol. The van der Waals surface area contributed by atoms with Crippen LogP contribution in [0.4, 0.5) is 0 Å². The predicted octanol–water partition coefficient (Wildman–Crippen LogP) is 2.57. The van der Waals surface area contributed by atoms with E-state index in [2.05, 4.69) is 22.5 Å². The third-order valence-corrected chi connectivity index (χ3v) is 4.12. The zero-order valence-electron chi connectivity index (χ0n) is 12.0. The molecule has 1 aromatic carbocycles. The Kier molecular flexibility index (Phi) is 3.70. The molecule has 0 spiro atoms. The third kappa shape index (κ3) is 2.41. The molecule has 0 amide bonds. The molecule has 0 aliphatic carbocycles. The molecule has 4 nitrogen and oxygen atoms in total. The van der Waals surface area contributed by atoms with Gasteiger partial charge in [-0.25, -0.2) is 4.98 Å². The second-order valence-electron chi connectivity index (χ2n) is 5.39. The lowest BCUT2D eigenvalue weighted by molar-refractivity contribution is 0.339. The lowest BCUT2D eigenvalue weighted by Gasteiger charge is -2.14. The Morgan fingerprint density at radius 3 is 2.80 bits per heavy atom. The number of imidazole rings is 1. The second kappa shape index (κ2) is 5.64. The predicted molar refractivity (Wildman–Crippen MR) is 79.5 cm³/mol. The first-order chi connectivity index (χ1) is 9.81. The van der Waals surface area contributed by atoms with Crippen molar-refractivity contribution in [2.75, 3.05) is 19.6 Å². The van der Waals surface area contributed by atoms with E-state index < -0.39 is 0 Å². The highest BCUT2D eigenvalue weighted by Crippen LogP contribution is 2.19. The summed E-state index contributed by atoms with van der Waals surface area (Å²) in [4.78, 5) is 7.25. The molecule has 2 heterocycles. The SMILES string of the molecule is CCn1c(CCN2CCCC2)nc2cc(C#N)ccc21. The third-order valence-electron chi connectivity index (χ3n) is 4.12. The molecule has 0 N–H and O–H groups in total. The summed E-state index contributed by atoms with van der Waals surface area (Å²) >= 11 is 0. The molecule has 1 aromatic heterocycles. The summed E-state index contributed by atoms with van der Waals surface area (Å²) in [5.74, 6) is 1.14. The molecule has 4 heteroatoms. The van der Waals surface area contributed by atoms with E-state index in [1.54, 1.807) is 0 Å². The fourth-order valence-electron chi connectivity index (χ4n) is 3.06. The smallest absolute Gasteiger partial charge is 0.111 e. The molecule has 1 aliphatic rings. The van der Waals surface area contributed by atoms with Crippen LogP contribution < -0.4 is 0 Å². The van der Waals surface area contributed by atoms with Gasteiger partial charge in [-0.1, -0.05) is 0 Å². The molecule has 0 bridgehead atoms. The summed E-state index contributed by atoms with van der Waals surface area (Å²) in [6.07, 6.45) is 3.65. The molecule has 1 saturated heterocycles. The van der Waals surface area contributed by atoms with Gasteiger partial charge < -0.3 is 9.47 Å². The molecular weight excluding hydrogens is 248 g/mol. The summed E-state index contributed by atoms with van der Waals surface area (Å²) in [6, 6.07) is 7.97. The first kappa shape index (κ1) is 13.1. The number of rotatable bonds is 4. The normalized spacial score (nSPS) is 15.8. The lowest BCUT2D eigenvalue weighted by Crippen LogP contribution is -2.23. The number of nitriles is 1. The summed E-state index contributed by atoms with van der Waals surface area (Å²) in [6.45, 7) is 6.63. The molecular formula is C16H20N4. The van der Waals surface area contributed by atoms with Gasteiger partial charge in [-0.05, 0) is 51.1 Å². The molecule has 0 unspecified atom stereocenters. The van der Waals surface area contributed by atoms with Crippen molar-refractivity contribution >= 4 is 11.0 Å². The van der Waals surface area contributed by atoms with Gasteiger partial charge in [-0.3, -0.25) is 0 Å². The molecule has 0 saturated carbocycles. The summed E-state index contributed by atoms with van der Waals surface area (Å²) < 4.78 is 2.27. The van der Waals surface area contributed by atoms with E-state index >= 15 is 0 Å². The van der Waals surface area contributed by atoms with Crippen LogP contribution in [0.1, 0.15) is 31.2 Å². The maximum Gasteiger partial charge on any atom is 0.111 e. The summed E-state index contributed by atoms with van der Waals surface area (Å²) in [5, 5.41) is 8.99. The van der Waals surface area contributed by atoms with Crippen LogP contribution in [0.25, 0.3) is 11.0 Å². The molecule has 104 valence electrons. The number of hydrogen-bond acceptors (Lipinski definition) is 3. The van der Waals surface area contributed by atoms with Crippen LogP contribution in [0.15, 0.2) is 18.2 Å². The minimum Gasteiger partial charge on any atom is -0.328 e. The molecule has 3 rings (SSSR count). The van der Waals surface area contributed by atoms with Crippen molar-refractivity contribution in [3.8, 4) is 6.07 Å². The molecule has 2 aromatic rings. The van der Waals surface area contributed by atoms with Gasteiger partial charge >= 0.3 is 0 Å². The Hall–Kier alpha value is -1.86. The van der Waals surface area contributed by atoms with Gasteiger partial charge in [-0.15, -0.1) is 0 Å². The van der Waals surface area contributed by atoms with Crippen molar-refractivity contribution in [2.45, 2.75) is 32.7 Å².